The maximum atomic E-state index is 10.5. The van der Waals surface area contributed by atoms with Crippen molar-refractivity contribution in [3.8, 4) is 0 Å². The molecule has 1 nitrogen and oxygen atoms in total. The predicted octanol–water partition coefficient (Wildman–Crippen LogP) is 2.24. The van der Waals surface area contributed by atoms with Crippen LogP contribution in [0.3, 0.4) is 0 Å². The van der Waals surface area contributed by atoms with E-state index in [-0.39, 0.29) is 5.78 Å². The fraction of sp³-hybridized carbons (Fsp3) is 0.444. The molecule has 0 unspecified atom stereocenters. The molecule has 0 aromatic carbocycles. The van der Waals surface area contributed by atoms with Gasteiger partial charge < -0.3 is 0 Å². The van der Waals surface area contributed by atoms with Gasteiger partial charge in [0, 0.05) is 0 Å². The van der Waals surface area contributed by atoms with Crippen LogP contribution in [0.5, 0.6) is 0 Å². The van der Waals surface area contributed by atoms with E-state index in [1.165, 1.54) is 18.4 Å². The van der Waals surface area contributed by atoms with E-state index in [1.807, 2.05) is 6.08 Å². The lowest BCUT2D eigenvalue weighted by Crippen LogP contribution is -1.80. The summed E-state index contributed by atoms with van der Waals surface area (Å²) in [5.41, 5.74) is 1.32. The van der Waals surface area contributed by atoms with E-state index in [1.54, 1.807) is 13.0 Å². The van der Waals surface area contributed by atoms with E-state index in [9.17, 15) is 4.79 Å². The summed E-state index contributed by atoms with van der Waals surface area (Å²) in [7, 11) is 0. The summed E-state index contributed by atoms with van der Waals surface area (Å²) in [6, 6.07) is 0. The topological polar surface area (TPSA) is 17.1 Å². The Balaban J connectivity index is 2.44. The summed E-state index contributed by atoms with van der Waals surface area (Å²) in [6.45, 7) is 1.58. The summed E-state index contributed by atoms with van der Waals surface area (Å²) in [4.78, 5) is 10.5. The molecule has 0 spiro atoms. The highest BCUT2D eigenvalue weighted by Gasteiger charge is 1.99. The number of carbonyl (C=O) groups is 1. The summed E-state index contributed by atoms with van der Waals surface area (Å²) in [5.74, 6) is 0.132. The van der Waals surface area contributed by atoms with Crippen molar-refractivity contribution in [3.63, 3.8) is 0 Å². The highest BCUT2D eigenvalue weighted by molar-refractivity contribution is 5.87. The van der Waals surface area contributed by atoms with Gasteiger partial charge in [-0.15, -0.1) is 0 Å². The molecule has 0 N–H and O–H groups in total. The summed E-state index contributed by atoms with van der Waals surface area (Å²) < 4.78 is 0. The Hall–Kier alpha value is -0.850. The van der Waals surface area contributed by atoms with Gasteiger partial charge in [-0.05, 0) is 32.3 Å². The summed E-state index contributed by atoms with van der Waals surface area (Å²) >= 11 is 0. The van der Waals surface area contributed by atoms with Gasteiger partial charge in [0.25, 0.3) is 0 Å². The number of rotatable bonds is 2. The van der Waals surface area contributed by atoms with Crippen LogP contribution in [0.25, 0.3) is 0 Å². The van der Waals surface area contributed by atoms with E-state index < -0.39 is 0 Å². The molecule has 0 aromatic heterocycles. The minimum Gasteiger partial charge on any atom is -0.295 e. The van der Waals surface area contributed by atoms with Crippen LogP contribution in [0.2, 0.25) is 0 Å². The molecule has 0 atom stereocenters. The van der Waals surface area contributed by atoms with Crippen LogP contribution in [-0.2, 0) is 4.79 Å². The van der Waals surface area contributed by atoms with Crippen LogP contribution in [0.4, 0.5) is 0 Å². The predicted molar refractivity (Wildman–Crippen MR) is 41.8 cm³/mol. The summed E-state index contributed by atoms with van der Waals surface area (Å²) in [5, 5.41) is 0. The van der Waals surface area contributed by atoms with Gasteiger partial charge in [0.15, 0.2) is 5.78 Å². The minimum absolute atomic E-state index is 0.132. The molecule has 0 heterocycles. The van der Waals surface area contributed by atoms with Gasteiger partial charge in [-0.2, -0.15) is 0 Å². The maximum absolute atomic E-state index is 10.5. The zero-order chi connectivity index (χ0) is 7.40. The van der Waals surface area contributed by atoms with Crippen molar-refractivity contribution in [2.24, 2.45) is 0 Å². The van der Waals surface area contributed by atoms with Crippen LogP contribution >= 0.6 is 0 Å². The lowest BCUT2D eigenvalue weighted by molar-refractivity contribution is -0.112. The Kier molecular flexibility index (Phi) is 2.43. The first-order valence-corrected chi connectivity index (χ1v) is 3.67. The van der Waals surface area contributed by atoms with E-state index >= 15 is 0 Å². The molecule has 0 amide bonds. The van der Waals surface area contributed by atoms with Crippen LogP contribution < -0.4 is 0 Å². The van der Waals surface area contributed by atoms with Gasteiger partial charge in [0.2, 0.25) is 0 Å². The van der Waals surface area contributed by atoms with Crippen LogP contribution in [0, 0.1) is 0 Å². The number of allylic oxidation sites excluding steroid dienone is 4. The van der Waals surface area contributed by atoms with Gasteiger partial charge >= 0.3 is 0 Å². The van der Waals surface area contributed by atoms with E-state index in [4.69, 9.17) is 0 Å². The third-order valence-corrected chi connectivity index (χ3v) is 1.61. The second-order valence-electron chi connectivity index (χ2n) is 2.62. The molecule has 10 heavy (non-hydrogen) atoms. The zero-order valence-electron chi connectivity index (χ0n) is 6.26. The Morgan fingerprint density at radius 3 is 3.00 bits per heavy atom. The summed E-state index contributed by atoms with van der Waals surface area (Å²) in [6.07, 6.45) is 9.32. The van der Waals surface area contributed by atoms with Crippen molar-refractivity contribution in [1.29, 1.82) is 0 Å². The largest absolute Gasteiger partial charge is 0.295 e. The molecule has 0 aliphatic heterocycles. The quantitative estimate of drug-likeness (QED) is 0.532. The lowest BCUT2D eigenvalue weighted by Gasteiger charge is -1.87. The maximum Gasteiger partial charge on any atom is 0.152 e. The smallest absolute Gasteiger partial charge is 0.152 e. The molecule has 1 aliphatic rings. The normalized spacial score (nSPS) is 17.9. The first-order chi connectivity index (χ1) is 4.79. The Bertz CT molecular complexity index is 187. The van der Waals surface area contributed by atoms with Crippen molar-refractivity contribution in [3.05, 3.63) is 23.8 Å². The van der Waals surface area contributed by atoms with Crippen molar-refractivity contribution in [2.45, 2.75) is 26.2 Å². The van der Waals surface area contributed by atoms with Gasteiger partial charge in [-0.1, -0.05) is 17.7 Å². The number of hydrogen-bond donors (Lipinski definition) is 0. The van der Waals surface area contributed by atoms with Crippen molar-refractivity contribution < 1.29 is 4.79 Å². The molecule has 0 bridgehead atoms. The fourth-order valence-electron chi connectivity index (χ4n) is 1.07. The van der Waals surface area contributed by atoms with Crippen LogP contribution in [0.15, 0.2) is 23.8 Å². The lowest BCUT2D eigenvalue weighted by atomic mass is 10.2. The van der Waals surface area contributed by atoms with Gasteiger partial charge in [0.1, 0.15) is 0 Å². The molecule has 0 aromatic rings. The molecule has 0 saturated carbocycles. The Labute approximate surface area is 61.4 Å². The first-order valence-electron chi connectivity index (χ1n) is 3.67. The Morgan fingerprint density at radius 1 is 1.70 bits per heavy atom. The molecule has 0 radical (unpaired) electrons. The molecule has 54 valence electrons. The SMILES string of the molecule is CC(=O)/C=C/C1=CCCC1. The Morgan fingerprint density at radius 2 is 2.50 bits per heavy atom. The second kappa shape index (κ2) is 3.35. The number of carbonyl (C=O) groups excluding carboxylic acids is 1. The number of hydrogen-bond acceptors (Lipinski definition) is 1. The average Bonchev–Trinajstić information content (AvgIpc) is 2.34. The van der Waals surface area contributed by atoms with Gasteiger partial charge in [0.05, 0.1) is 0 Å². The van der Waals surface area contributed by atoms with E-state index in [0.29, 0.717) is 0 Å². The third kappa shape index (κ3) is 2.18. The number of ketones is 1. The molecular weight excluding hydrogens is 124 g/mol. The van der Waals surface area contributed by atoms with E-state index in [0.717, 1.165) is 6.42 Å². The first kappa shape index (κ1) is 7.26. The molecule has 0 saturated heterocycles. The average molecular weight is 136 g/mol. The fourth-order valence-corrected chi connectivity index (χ4v) is 1.07. The van der Waals surface area contributed by atoms with Crippen molar-refractivity contribution >= 4 is 5.78 Å². The standard InChI is InChI=1S/C9H12O/c1-8(10)6-7-9-4-2-3-5-9/h4,6-7H,2-3,5H2,1H3/b7-6+. The molecular formula is C9H12O. The third-order valence-electron chi connectivity index (χ3n) is 1.61. The molecule has 1 aliphatic carbocycles. The second-order valence-corrected chi connectivity index (χ2v) is 2.62. The van der Waals surface area contributed by atoms with Gasteiger partial charge in [-0.3, -0.25) is 4.79 Å². The van der Waals surface area contributed by atoms with Crippen LogP contribution in [0.1, 0.15) is 26.2 Å². The molecule has 0 fully saturated rings. The highest BCUT2D eigenvalue weighted by Crippen LogP contribution is 2.17. The van der Waals surface area contributed by atoms with Crippen molar-refractivity contribution in [1.82, 2.24) is 0 Å². The highest BCUT2D eigenvalue weighted by atomic mass is 16.1. The van der Waals surface area contributed by atoms with E-state index in [2.05, 4.69) is 6.08 Å². The van der Waals surface area contributed by atoms with Crippen molar-refractivity contribution in [2.75, 3.05) is 0 Å². The van der Waals surface area contributed by atoms with Crippen LogP contribution in [-0.4, -0.2) is 5.78 Å². The molecule has 1 heteroatoms. The zero-order valence-corrected chi connectivity index (χ0v) is 6.26. The molecule has 1 rings (SSSR count). The monoisotopic (exact) mass is 136 g/mol. The minimum atomic E-state index is 0.132. The van der Waals surface area contributed by atoms with Gasteiger partial charge in [-0.25, -0.2) is 0 Å².